The van der Waals surface area contributed by atoms with Crippen molar-refractivity contribution in [1.82, 2.24) is 5.32 Å². The third kappa shape index (κ3) is 14.8. The topological polar surface area (TPSA) is 52.2 Å². The monoisotopic (exact) mass is 293 g/mol. The van der Waals surface area contributed by atoms with Gasteiger partial charge in [0.05, 0.1) is 5.97 Å². The zero-order valence-corrected chi connectivity index (χ0v) is 15.9. The number of carbonyl (C=O) groups excluding carboxylic acids is 1. The minimum atomic E-state index is -0.960. The molecule has 0 spiro atoms. The van der Waals surface area contributed by atoms with Gasteiger partial charge >= 0.3 is 29.6 Å². The van der Waals surface area contributed by atoms with Crippen molar-refractivity contribution in [3.05, 3.63) is 0 Å². The van der Waals surface area contributed by atoms with E-state index in [4.69, 9.17) is 0 Å². The van der Waals surface area contributed by atoms with E-state index >= 15 is 0 Å². The third-order valence-electron chi connectivity index (χ3n) is 3.53. The SMILES string of the molecule is CCCCCCCCCCCN[C@@H](CCC)C(=O)[O-].[Na+]. The van der Waals surface area contributed by atoms with E-state index in [2.05, 4.69) is 12.2 Å². The van der Waals surface area contributed by atoms with Crippen LogP contribution < -0.4 is 40.0 Å². The number of unbranched alkanes of at least 4 members (excludes halogenated alkanes) is 8. The average molecular weight is 293 g/mol. The van der Waals surface area contributed by atoms with Gasteiger partial charge in [-0.2, -0.15) is 0 Å². The Kier molecular flexibility index (Phi) is 19.8. The van der Waals surface area contributed by atoms with Gasteiger partial charge in [-0.25, -0.2) is 0 Å². The van der Waals surface area contributed by atoms with Crippen LogP contribution in [0.1, 0.15) is 84.5 Å². The summed E-state index contributed by atoms with van der Waals surface area (Å²) >= 11 is 0. The summed E-state index contributed by atoms with van der Waals surface area (Å²) in [5, 5.41) is 13.9. The van der Waals surface area contributed by atoms with Crippen LogP contribution in [0.25, 0.3) is 0 Å². The Balaban J connectivity index is 0. The maximum Gasteiger partial charge on any atom is 1.00 e. The van der Waals surface area contributed by atoms with Crippen LogP contribution in [0.15, 0.2) is 0 Å². The first-order chi connectivity index (χ1) is 9.22. The summed E-state index contributed by atoms with van der Waals surface area (Å²) in [4.78, 5) is 10.8. The molecule has 0 saturated carbocycles. The van der Waals surface area contributed by atoms with Crippen molar-refractivity contribution < 1.29 is 39.5 Å². The molecular weight excluding hydrogens is 261 g/mol. The molecule has 4 heteroatoms. The number of carboxylic acid groups (broad SMARTS) is 1. The Hall–Kier alpha value is 0.430. The zero-order chi connectivity index (χ0) is 14.3. The van der Waals surface area contributed by atoms with E-state index in [0.717, 1.165) is 19.4 Å². The first-order valence-corrected chi connectivity index (χ1v) is 8.16. The summed E-state index contributed by atoms with van der Waals surface area (Å²) in [6, 6.07) is -0.459. The predicted octanol–water partition coefficient (Wildman–Crippen LogP) is 0.0294. The van der Waals surface area contributed by atoms with Crippen molar-refractivity contribution >= 4 is 5.97 Å². The fourth-order valence-corrected chi connectivity index (χ4v) is 2.30. The molecule has 0 rings (SSSR count). The predicted molar refractivity (Wildman–Crippen MR) is 78.9 cm³/mol. The molecule has 0 aliphatic heterocycles. The molecule has 0 aromatic carbocycles. The average Bonchev–Trinajstić information content (AvgIpc) is 2.39. The number of hydrogen-bond donors (Lipinski definition) is 1. The molecule has 0 radical (unpaired) electrons. The standard InChI is InChI=1S/C16H33NO2.Na/c1-3-5-6-7-8-9-10-11-12-14-17-15(13-4-2)16(18)19;/h15,17H,3-14H2,1-2H3,(H,18,19);/q;+1/p-1/t15-;/m0./s1. The third-order valence-corrected chi connectivity index (χ3v) is 3.53. The molecule has 20 heavy (non-hydrogen) atoms. The maximum absolute atomic E-state index is 10.8. The maximum atomic E-state index is 10.8. The molecule has 0 amide bonds. The van der Waals surface area contributed by atoms with Crippen molar-refractivity contribution in [1.29, 1.82) is 0 Å². The molecule has 0 aliphatic carbocycles. The van der Waals surface area contributed by atoms with Crippen LogP contribution in [0.4, 0.5) is 0 Å². The normalized spacial score (nSPS) is 11.9. The van der Waals surface area contributed by atoms with E-state index in [-0.39, 0.29) is 29.6 Å². The summed E-state index contributed by atoms with van der Waals surface area (Å²) in [6.45, 7) is 5.04. The van der Waals surface area contributed by atoms with E-state index in [0.29, 0.717) is 6.42 Å². The van der Waals surface area contributed by atoms with Crippen LogP contribution >= 0.6 is 0 Å². The van der Waals surface area contributed by atoms with Crippen molar-refractivity contribution in [3.8, 4) is 0 Å². The van der Waals surface area contributed by atoms with Gasteiger partial charge in [-0.3, -0.25) is 0 Å². The van der Waals surface area contributed by atoms with Crippen LogP contribution in [0.2, 0.25) is 0 Å². The molecule has 0 heterocycles. The van der Waals surface area contributed by atoms with Gasteiger partial charge in [-0.1, -0.05) is 71.6 Å². The molecule has 114 valence electrons. The Labute approximate surface area is 147 Å². The second-order valence-electron chi connectivity index (χ2n) is 5.44. The smallest absolute Gasteiger partial charge is 0.548 e. The minimum Gasteiger partial charge on any atom is -0.548 e. The van der Waals surface area contributed by atoms with E-state index in [1.165, 1.54) is 51.4 Å². The Bertz CT molecular complexity index is 213. The summed E-state index contributed by atoms with van der Waals surface area (Å²) in [7, 11) is 0. The zero-order valence-electron chi connectivity index (χ0n) is 13.9. The molecule has 3 nitrogen and oxygen atoms in total. The van der Waals surface area contributed by atoms with Crippen LogP contribution in [-0.4, -0.2) is 18.6 Å². The van der Waals surface area contributed by atoms with Crippen molar-refractivity contribution in [3.63, 3.8) is 0 Å². The molecule has 0 fully saturated rings. The number of hydrogen-bond acceptors (Lipinski definition) is 3. The molecule has 0 saturated heterocycles. The Morgan fingerprint density at radius 3 is 1.85 bits per heavy atom. The second-order valence-corrected chi connectivity index (χ2v) is 5.44. The first-order valence-electron chi connectivity index (χ1n) is 8.16. The second kappa shape index (κ2) is 17.5. The fraction of sp³-hybridized carbons (Fsp3) is 0.938. The van der Waals surface area contributed by atoms with Crippen LogP contribution in [0.5, 0.6) is 0 Å². The summed E-state index contributed by atoms with van der Waals surface area (Å²) < 4.78 is 0. The number of rotatable bonds is 14. The van der Waals surface area contributed by atoms with E-state index in [9.17, 15) is 9.90 Å². The van der Waals surface area contributed by atoms with Gasteiger partial charge in [0.2, 0.25) is 0 Å². The van der Waals surface area contributed by atoms with Gasteiger partial charge in [-0.15, -0.1) is 0 Å². The van der Waals surface area contributed by atoms with Gasteiger partial charge < -0.3 is 15.2 Å². The van der Waals surface area contributed by atoms with E-state index in [1.807, 2.05) is 6.92 Å². The molecule has 1 N–H and O–H groups in total. The van der Waals surface area contributed by atoms with Gasteiger partial charge in [0.25, 0.3) is 0 Å². The summed E-state index contributed by atoms with van der Waals surface area (Å²) in [5.74, 6) is -0.960. The quantitative estimate of drug-likeness (QED) is 0.363. The molecule has 1 atom stereocenters. The first kappa shape index (κ1) is 22.7. The molecule has 0 aliphatic rings. The van der Waals surface area contributed by atoms with Gasteiger partial charge in [0.1, 0.15) is 0 Å². The number of carbonyl (C=O) groups is 1. The van der Waals surface area contributed by atoms with Gasteiger partial charge in [0, 0.05) is 6.04 Å². The molecule has 0 bridgehead atoms. The minimum absolute atomic E-state index is 0. The fourth-order valence-electron chi connectivity index (χ4n) is 2.30. The van der Waals surface area contributed by atoms with Crippen LogP contribution in [0.3, 0.4) is 0 Å². The Morgan fingerprint density at radius 2 is 1.40 bits per heavy atom. The van der Waals surface area contributed by atoms with Crippen LogP contribution in [0, 0.1) is 0 Å². The number of nitrogens with one attached hydrogen (secondary N) is 1. The van der Waals surface area contributed by atoms with Gasteiger partial charge in [-0.05, 0) is 19.4 Å². The molecule has 0 aromatic heterocycles. The number of carboxylic acids is 1. The van der Waals surface area contributed by atoms with E-state index in [1.54, 1.807) is 0 Å². The number of aliphatic carboxylic acids is 1. The summed E-state index contributed by atoms with van der Waals surface area (Å²) in [6.07, 6.45) is 13.2. The van der Waals surface area contributed by atoms with Gasteiger partial charge in [0.15, 0.2) is 0 Å². The molecular formula is C16H32NNaO2. The van der Waals surface area contributed by atoms with Crippen molar-refractivity contribution in [2.75, 3.05) is 6.54 Å². The van der Waals surface area contributed by atoms with Crippen molar-refractivity contribution in [2.24, 2.45) is 0 Å². The van der Waals surface area contributed by atoms with Crippen molar-refractivity contribution in [2.45, 2.75) is 90.5 Å². The van der Waals surface area contributed by atoms with E-state index < -0.39 is 12.0 Å². The van der Waals surface area contributed by atoms with Crippen LogP contribution in [-0.2, 0) is 4.79 Å². The Morgan fingerprint density at radius 1 is 0.900 bits per heavy atom. The largest absolute Gasteiger partial charge is 1.00 e. The summed E-state index contributed by atoms with van der Waals surface area (Å²) in [5.41, 5.74) is 0. The molecule has 0 aromatic rings. The molecule has 0 unspecified atom stereocenters.